The van der Waals surface area contributed by atoms with Crippen LogP contribution in [0.4, 0.5) is 0 Å². The Kier molecular flexibility index (Phi) is 2.83. The second-order valence-corrected chi connectivity index (χ2v) is 3.13. The molecule has 0 aliphatic rings. The lowest BCUT2D eigenvalue weighted by atomic mass is 10.1. The molecule has 1 aromatic rings. The molecule has 0 unspecified atom stereocenters. The van der Waals surface area contributed by atoms with E-state index in [-0.39, 0.29) is 0 Å². The van der Waals surface area contributed by atoms with Crippen molar-refractivity contribution in [3.05, 3.63) is 33.8 Å². The van der Waals surface area contributed by atoms with Gasteiger partial charge in [-0.1, -0.05) is 12.1 Å². The van der Waals surface area contributed by atoms with E-state index in [1.165, 1.54) is 0 Å². The highest BCUT2D eigenvalue weighted by Crippen LogP contribution is 2.21. The summed E-state index contributed by atoms with van der Waals surface area (Å²) in [5.41, 5.74) is 1.41. The third kappa shape index (κ3) is 1.65. The van der Waals surface area contributed by atoms with Crippen LogP contribution in [0.25, 0.3) is 0 Å². The summed E-state index contributed by atoms with van der Waals surface area (Å²) >= 11 is 3.27. The number of carbonyl (C=O) groups is 1. The van der Waals surface area contributed by atoms with Crippen LogP contribution >= 0.6 is 15.9 Å². The normalized spacial score (nSPS) is 9.58. The first kappa shape index (κ1) is 9.22. The van der Waals surface area contributed by atoms with Gasteiger partial charge in [0.05, 0.1) is 5.56 Å². The summed E-state index contributed by atoms with van der Waals surface area (Å²) < 4.78 is 0.723. The zero-order chi connectivity index (χ0) is 9.14. The predicted octanol–water partition coefficient (Wildman–Crippen LogP) is 1.79. The van der Waals surface area contributed by atoms with Gasteiger partial charge in [-0.3, -0.25) is 0 Å². The molecule has 0 aliphatic carbocycles. The number of nitrogens with two attached hydrogens (primary N) is 1. The van der Waals surface area contributed by atoms with Gasteiger partial charge in [-0.05, 0) is 34.5 Å². The van der Waals surface area contributed by atoms with Crippen molar-refractivity contribution in [2.24, 2.45) is 5.90 Å². The highest BCUT2D eigenvalue weighted by atomic mass is 79.9. The monoisotopic (exact) mass is 229 g/mol. The second-order valence-electron chi connectivity index (χ2n) is 2.34. The average Bonchev–Trinajstić information content (AvgIpc) is 2.08. The molecule has 0 aliphatic heterocycles. The van der Waals surface area contributed by atoms with E-state index in [0.29, 0.717) is 5.56 Å². The fraction of sp³-hybridized carbons (Fsp3) is 0.125. The Hall–Kier alpha value is -0.870. The van der Waals surface area contributed by atoms with Crippen LogP contribution in [0.1, 0.15) is 15.9 Å². The lowest BCUT2D eigenvalue weighted by molar-refractivity contribution is 0.0502. The SMILES string of the molecule is Cc1cccc(C(=O)ON)c1Br. The molecular weight excluding hydrogens is 222 g/mol. The number of halogens is 1. The molecule has 3 nitrogen and oxygen atoms in total. The number of hydrogen-bond acceptors (Lipinski definition) is 3. The molecule has 12 heavy (non-hydrogen) atoms. The van der Waals surface area contributed by atoms with Crippen LogP contribution < -0.4 is 5.90 Å². The van der Waals surface area contributed by atoms with Crippen LogP contribution in [-0.4, -0.2) is 5.97 Å². The Bertz CT molecular complexity index is 312. The van der Waals surface area contributed by atoms with Crippen molar-refractivity contribution in [1.29, 1.82) is 0 Å². The molecule has 0 spiro atoms. The van der Waals surface area contributed by atoms with Crippen molar-refractivity contribution >= 4 is 21.9 Å². The lowest BCUT2D eigenvalue weighted by Gasteiger charge is -2.03. The van der Waals surface area contributed by atoms with Crippen LogP contribution in [0, 0.1) is 6.92 Å². The fourth-order valence-electron chi connectivity index (χ4n) is 0.869. The number of carbonyl (C=O) groups excluding carboxylic acids is 1. The Morgan fingerprint density at radius 3 is 2.83 bits per heavy atom. The van der Waals surface area contributed by atoms with Crippen LogP contribution in [-0.2, 0) is 4.84 Å². The molecule has 2 N–H and O–H groups in total. The number of benzene rings is 1. The summed E-state index contributed by atoms with van der Waals surface area (Å²) in [7, 11) is 0. The zero-order valence-electron chi connectivity index (χ0n) is 6.50. The molecule has 0 saturated heterocycles. The molecule has 0 bridgehead atoms. The quantitative estimate of drug-likeness (QED) is 0.748. The van der Waals surface area contributed by atoms with Gasteiger partial charge in [0.1, 0.15) is 0 Å². The van der Waals surface area contributed by atoms with Gasteiger partial charge in [-0.25, -0.2) is 4.79 Å². The Labute approximate surface area is 78.6 Å². The van der Waals surface area contributed by atoms with E-state index in [4.69, 9.17) is 5.90 Å². The first-order chi connectivity index (χ1) is 5.66. The molecule has 1 aromatic carbocycles. The smallest absolute Gasteiger partial charge is 0.357 e. The Morgan fingerprint density at radius 1 is 1.58 bits per heavy atom. The van der Waals surface area contributed by atoms with E-state index in [1.54, 1.807) is 12.1 Å². The largest absolute Gasteiger partial charge is 0.370 e. The highest BCUT2D eigenvalue weighted by molar-refractivity contribution is 9.10. The van der Waals surface area contributed by atoms with E-state index < -0.39 is 5.97 Å². The maximum absolute atomic E-state index is 11.0. The summed E-state index contributed by atoms with van der Waals surface area (Å²) in [5.74, 6) is 4.22. The molecule has 4 heteroatoms. The molecule has 0 aromatic heterocycles. The van der Waals surface area contributed by atoms with Crippen molar-refractivity contribution in [3.8, 4) is 0 Å². The summed E-state index contributed by atoms with van der Waals surface area (Å²) in [4.78, 5) is 15.1. The van der Waals surface area contributed by atoms with E-state index >= 15 is 0 Å². The van der Waals surface area contributed by atoms with Crippen LogP contribution in [0.15, 0.2) is 22.7 Å². The Morgan fingerprint density at radius 2 is 2.25 bits per heavy atom. The van der Waals surface area contributed by atoms with Crippen molar-refractivity contribution in [3.63, 3.8) is 0 Å². The topological polar surface area (TPSA) is 52.3 Å². The molecular formula is C8H8BrNO2. The molecule has 0 radical (unpaired) electrons. The van der Waals surface area contributed by atoms with Crippen molar-refractivity contribution in [2.75, 3.05) is 0 Å². The number of hydrogen-bond donors (Lipinski definition) is 1. The van der Waals surface area contributed by atoms with Gasteiger partial charge < -0.3 is 4.84 Å². The maximum Gasteiger partial charge on any atom is 0.357 e. The van der Waals surface area contributed by atoms with Crippen molar-refractivity contribution in [2.45, 2.75) is 6.92 Å². The maximum atomic E-state index is 11.0. The summed E-state index contributed by atoms with van der Waals surface area (Å²) in [6.45, 7) is 1.89. The molecule has 0 heterocycles. The van der Waals surface area contributed by atoms with E-state index in [2.05, 4.69) is 20.8 Å². The highest BCUT2D eigenvalue weighted by Gasteiger charge is 2.10. The molecule has 0 fully saturated rings. The second kappa shape index (κ2) is 3.69. The van der Waals surface area contributed by atoms with Crippen molar-refractivity contribution in [1.82, 2.24) is 0 Å². The minimum Gasteiger partial charge on any atom is -0.370 e. The molecule has 0 atom stereocenters. The molecule has 1 rings (SSSR count). The van der Waals surface area contributed by atoms with Crippen molar-refractivity contribution < 1.29 is 9.63 Å². The number of aryl methyl sites for hydroxylation is 1. The van der Waals surface area contributed by atoms with Gasteiger partial charge in [0.15, 0.2) is 0 Å². The minimum atomic E-state index is -0.537. The summed E-state index contributed by atoms with van der Waals surface area (Å²) in [6, 6.07) is 5.30. The fourth-order valence-corrected chi connectivity index (χ4v) is 1.29. The van der Waals surface area contributed by atoms with Crippen LogP contribution in [0.3, 0.4) is 0 Å². The minimum absolute atomic E-state index is 0.442. The van der Waals surface area contributed by atoms with Gasteiger partial charge in [-0.15, -0.1) is 0 Å². The lowest BCUT2D eigenvalue weighted by Crippen LogP contribution is -2.10. The molecule has 0 saturated carbocycles. The first-order valence-electron chi connectivity index (χ1n) is 3.33. The summed E-state index contributed by atoms with van der Waals surface area (Å²) in [5, 5.41) is 0. The van der Waals surface area contributed by atoms with Crippen LogP contribution in [0.2, 0.25) is 0 Å². The first-order valence-corrected chi connectivity index (χ1v) is 4.12. The van der Waals surface area contributed by atoms with E-state index in [1.807, 2.05) is 13.0 Å². The van der Waals surface area contributed by atoms with Gasteiger partial charge >= 0.3 is 5.97 Å². The van der Waals surface area contributed by atoms with Gasteiger partial charge in [0.2, 0.25) is 0 Å². The summed E-state index contributed by atoms with van der Waals surface area (Å²) in [6.07, 6.45) is 0. The number of rotatable bonds is 1. The predicted molar refractivity (Wildman–Crippen MR) is 48.5 cm³/mol. The molecule has 0 amide bonds. The van der Waals surface area contributed by atoms with E-state index in [9.17, 15) is 4.79 Å². The third-order valence-corrected chi connectivity index (χ3v) is 2.57. The van der Waals surface area contributed by atoms with Gasteiger partial charge in [0.25, 0.3) is 0 Å². The average molecular weight is 230 g/mol. The zero-order valence-corrected chi connectivity index (χ0v) is 8.09. The third-order valence-electron chi connectivity index (χ3n) is 1.52. The van der Waals surface area contributed by atoms with Gasteiger partial charge in [0, 0.05) is 4.47 Å². The van der Waals surface area contributed by atoms with Crippen LogP contribution in [0.5, 0.6) is 0 Å². The van der Waals surface area contributed by atoms with Gasteiger partial charge in [-0.2, -0.15) is 5.90 Å². The van der Waals surface area contributed by atoms with E-state index in [0.717, 1.165) is 10.0 Å². The molecule has 64 valence electrons. The standard InChI is InChI=1S/C8H8BrNO2/c1-5-3-2-4-6(7(5)9)8(11)12-10/h2-4H,10H2,1H3. The Balaban J connectivity index is 3.16.